The van der Waals surface area contributed by atoms with Crippen LogP contribution in [0.1, 0.15) is 47.4 Å². The van der Waals surface area contributed by atoms with Crippen LogP contribution in [0.2, 0.25) is 0 Å². The molecule has 4 aromatic rings. The number of thiophene rings is 1. The SMILES string of the molecule is Cc1c(CN2CCC(Nc3ncnc4sc(CC(F)(F)F)cc34)CC2)ccc2c1cc(C#N)n2CCN1CCC2(CC1)CN(S(C)(=O)=O)C2. The average Bonchev–Trinajstić information content (AvgIpc) is 3.61. The lowest BCUT2D eigenvalue weighted by molar-refractivity contribution is -0.126. The molecule has 0 saturated carbocycles. The Bertz CT molecular complexity index is 1990. The molecule has 15 heteroatoms. The largest absolute Gasteiger partial charge is 0.393 e. The molecule has 3 aromatic heterocycles. The van der Waals surface area contributed by atoms with Gasteiger partial charge in [-0.05, 0) is 75.0 Å². The van der Waals surface area contributed by atoms with Gasteiger partial charge >= 0.3 is 6.18 Å². The number of rotatable bonds is 9. The molecule has 3 aliphatic heterocycles. The van der Waals surface area contributed by atoms with E-state index in [1.165, 1.54) is 23.7 Å². The molecule has 10 nitrogen and oxygen atoms in total. The van der Waals surface area contributed by atoms with Crippen molar-refractivity contribution < 1.29 is 21.6 Å². The summed E-state index contributed by atoms with van der Waals surface area (Å²) >= 11 is 1.06. The average molecular weight is 715 g/mol. The highest BCUT2D eigenvalue weighted by atomic mass is 32.2. The first-order chi connectivity index (χ1) is 23.3. The quantitative estimate of drug-likeness (QED) is 0.247. The number of hydrogen-bond acceptors (Lipinski definition) is 9. The minimum Gasteiger partial charge on any atom is -0.367 e. The van der Waals surface area contributed by atoms with Gasteiger partial charge in [-0.2, -0.15) is 18.4 Å². The third-order valence-electron chi connectivity index (χ3n) is 10.7. The zero-order valence-corrected chi connectivity index (χ0v) is 29.4. The number of sulfonamides is 1. The second-order valence-electron chi connectivity index (χ2n) is 14.1. The minimum absolute atomic E-state index is 0.122. The summed E-state index contributed by atoms with van der Waals surface area (Å²) in [7, 11) is -3.11. The summed E-state index contributed by atoms with van der Waals surface area (Å²) in [6.45, 7) is 9.40. The van der Waals surface area contributed by atoms with Crippen LogP contribution >= 0.6 is 11.3 Å². The van der Waals surface area contributed by atoms with Crippen LogP contribution in [0.4, 0.5) is 19.0 Å². The van der Waals surface area contributed by atoms with Crippen LogP contribution in [0.3, 0.4) is 0 Å². The van der Waals surface area contributed by atoms with Crippen molar-refractivity contribution in [1.29, 1.82) is 5.26 Å². The van der Waals surface area contributed by atoms with E-state index in [9.17, 15) is 26.9 Å². The summed E-state index contributed by atoms with van der Waals surface area (Å²) in [4.78, 5) is 14.2. The van der Waals surface area contributed by atoms with E-state index in [1.807, 2.05) is 6.07 Å². The molecule has 3 fully saturated rings. The first kappa shape index (κ1) is 34.2. The smallest absolute Gasteiger partial charge is 0.367 e. The number of halogens is 3. The maximum atomic E-state index is 13.0. The van der Waals surface area contributed by atoms with E-state index in [4.69, 9.17) is 0 Å². The maximum absolute atomic E-state index is 13.0. The fourth-order valence-electron chi connectivity index (χ4n) is 7.75. The van der Waals surface area contributed by atoms with Gasteiger partial charge in [0.2, 0.25) is 10.0 Å². The fraction of sp³-hybridized carbons (Fsp3) is 0.559. The third kappa shape index (κ3) is 7.30. The van der Waals surface area contributed by atoms with Crippen molar-refractivity contribution in [1.82, 2.24) is 28.6 Å². The van der Waals surface area contributed by atoms with E-state index in [1.54, 1.807) is 10.4 Å². The monoisotopic (exact) mass is 714 g/mol. The summed E-state index contributed by atoms with van der Waals surface area (Å²) in [5.74, 6) is 0.593. The van der Waals surface area contributed by atoms with E-state index in [-0.39, 0.29) is 16.3 Å². The van der Waals surface area contributed by atoms with Crippen molar-refractivity contribution >= 4 is 48.3 Å². The molecule has 1 aromatic carbocycles. The molecule has 3 saturated heterocycles. The summed E-state index contributed by atoms with van der Waals surface area (Å²) in [6, 6.07) is 10.5. The Labute approximate surface area is 288 Å². The van der Waals surface area contributed by atoms with Crippen LogP contribution in [0.25, 0.3) is 21.1 Å². The number of aromatic nitrogens is 3. The maximum Gasteiger partial charge on any atom is 0.393 e. The lowest BCUT2D eigenvalue weighted by Gasteiger charge is -2.52. The van der Waals surface area contributed by atoms with Gasteiger partial charge in [-0.15, -0.1) is 11.3 Å². The number of aryl methyl sites for hydroxylation is 1. The Morgan fingerprint density at radius 3 is 2.45 bits per heavy atom. The molecule has 49 heavy (non-hydrogen) atoms. The Balaban J connectivity index is 0.943. The first-order valence-corrected chi connectivity index (χ1v) is 19.4. The molecule has 0 radical (unpaired) electrons. The number of nitrogens with one attached hydrogen (secondary N) is 1. The molecule has 1 spiro atoms. The number of hydrogen-bond donors (Lipinski definition) is 1. The molecule has 0 amide bonds. The lowest BCUT2D eigenvalue weighted by Crippen LogP contribution is -2.61. The van der Waals surface area contributed by atoms with E-state index in [0.29, 0.717) is 34.8 Å². The number of benzene rings is 1. The van der Waals surface area contributed by atoms with Crippen LogP contribution in [-0.4, -0.2) is 101 Å². The molecule has 1 N–H and O–H groups in total. The van der Waals surface area contributed by atoms with E-state index >= 15 is 0 Å². The second kappa shape index (κ2) is 13.1. The molecule has 262 valence electrons. The topological polar surface area (TPSA) is 110 Å². The normalized spacial score (nSPS) is 19.8. The summed E-state index contributed by atoms with van der Waals surface area (Å²) in [5.41, 5.74) is 4.27. The second-order valence-corrected chi connectivity index (χ2v) is 17.2. The molecular formula is C34H41F3N8O2S2. The van der Waals surface area contributed by atoms with Gasteiger partial charge in [0, 0.05) is 73.1 Å². The number of likely N-dealkylation sites (tertiary alicyclic amines) is 2. The van der Waals surface area contributed by atoms with Gasteiger partial charge < -0.3 is 14.8 Å². The zero-order chi connectivity index (χ0) is 34.6. The van der Waals surface area contributed by atoms with Crippen LogP contribution in [0, 0.1) is 23.7 Å². The number of piperidine rings is 2. The van der Waals surface area contributed by atoms with E-state index in [0.717, 1.165) is 93.7 Å². The molecule has 3 aliphatic rings. The first-order valence-electron chi connectivity index (χ1n) is 16.8. The number of nitriles is 1. The van der Waals surface area contributed by atoms with Gasteiger partial charge in [-0.3, -0.25) is 4.90 Å². The predicted molar refractivity (Wildman–Crippen MR) is 185 cm³/mol. The number of nitrogens with zero attached hydrogens (tertiary/aromatic N) is 7. The van der Waals surface area contributed by atoms with Crippen molar-refractivity contribution in [2.45, 2.75) is 64.3 Å². The van der Waals surface area contributed by atoms with Gasteiger partial charge in [-0.25, -0.2) is 22.7 Å². The van der Waals surface area contributed by atoms with Gasteiger partial charge in [0.15, 0.2) is 0 Å². The molecule has 0 aliphatic carbocycles. The van der Waals surface area contributed by atoms with Crippen LogP contribution < -0.4 is 5.32 Å². The van der Waals surface area contributed by atoms with Crippen molar-refractivity contribution in [3.63, 3.8) is 0 Å². The predicted octanol–water partition coefficient (Wildman–Crippen LogP) is 5.36. The van der Waals surface area contributed by atoms with Gasteiger partial charge in [0.05, 0.1) is 18.1 Å². The van der Waals surface area contributed by atoms with Crippen LogP contribution in [0.5, 0.6) is 0 Å². The molecule has 6 heterocycles. The van der Waals surface area contributed by atoms with Crippen molar-refractivity contribution in [3.8, 4) is 6.07 Å². The minimum atomic E-state index is -4.26. The highest BCUT2D eigenvalue weighted by molar-refractivity contribution is 7.88. The Hall–Kier alpha value is -3.29. The Morgan fingerprint density at radius 1 is 1.04 bits per heavy atom. The summed E-state index contributed by atoms with van der Waals surface area (Å²) in [6.07, 6.45) is 1.23. The Morgan fingerprint density at radius 2 is 1.78 bits per heavy atom. The van der Waals surface area contributed by atoms with Crippen molar-refractivity contribution in [2.75, 3.05) is 57.4 Å². The zero-order valence-electron chi connectivity index (χ0n) is 27.8. The van der Waals surface area contributed by atoms with Gasteiger partial charge in [-0.1, -0.05) is 6.07 Å². The van der Waals surface area contributed by atoms with Crippen molar-refractivity contribution in [3.05, 3.63) is 52.3 Å². The van der Waals surface area contributed by atoms with E-state index < -0.39 is 22.6 Å². The van der Waals surface area contributed by atoms with Gasteiger partial charge in [0.1, 0.15) is 28.7 Å². The van der Waals surface area contributed by atoms with E-state index in [2.05, 4.69) is 54.8 Å². The molecule has 7 rings (SSSR count). The standard InChI is InChI=1S/C34H41F3N8O2S2/c1-23-24(19-43-9-5-25(6-10-43)41-31-29-16-27(17-34(35,36)37)48-32(29)40-22-39-31)3-4-30-28(23)15-26(18-38)45(30)14-13-42-11-7-33(8-12-42)20-44(21-33)49(2,46)47/h3-4,15-16,22,25H,5-14,17,19-21H2,1-2H3,(H,39,40,41). The molecule has 0 atom stereocenters. The molecule has 0 unspecified atom stereocenters. The highest BCUT2D eigenvalue weighted by Crippen LogP contribution is 2.41. The Kier molecular flexibility index (Phi) is 9.15. The summed E-state index contributed by atoms with van der Waals surface area (Å²) in [5, 5.41) is 15.2. The van der Waals surface area contributed by atoms with Gasteiger partial charge in [0.25, 0.3) is 0 Å². The van der Waals surface area contributed by atoms with Crippen molar-refractivity contribution in [2.24, 2.45) is 5.41 Å². The third-order valence-corrected chi connectivity index (χ3v) is 12.9. The number of anilines is 1. The number of alkyl halides is 3. The molecular weight excluding hydrogens is 674 g/mol. The number of fused-ring (bicyclic) bond motifs is 2. The molecule has 0 bridgehead atoms. The van der Waals surface area contributed by atoms with Crippen LogP contribution in [0.15, 0.2) is 30.6 Å². The summed E-state index contributed by atoms with van der Waals surface area (Å²) < 4.78 is 66.2. The highest BCUT2D eigenvalue weighted by Gasteiger charge is 2.47. The lowest BCUT2D eigenvalue weighted by atomic mass is 9.73. The fourth-order valence-corrected chi connectivity index (χ4v) is 9.79. The van der Waals surface area contributed by atoms with Crippen LogP contribution in [-0.2, 0) is 29.5 Å².